The number of aromatic nitrogens is 2. The van der Waals surface area contributed by atoms with E-state index in [-0.39, 0.29) is 11.9 Å². The van der Waals surface area contributed by atoms with Crippen molar-refractivity contribution >= 4 is 17.2 Å². The Morgan fingerprint density at radius 2 is 1.96 bits per heavy atom. The molecule has 1 saturated heterocycles. The first-order valence-electron chi connectivity index (χ1n) is 9.08. The maximum Gasteiger partial charge on any atom is 0.263 e. The normalized spacial score (nSPS) is 17.5. The Kier molecular flexibility index (Phi) is 4.64. The van der Waals surface area contributed by atoms with Crippen molar-refractivity contribution in [3.8, 4) is 11.4 Å². The van der Waals surface area contributed by atoms with Gasteiger partial charge in [0, 0.05) is 35.4 Å². The van der Waals surface area contributed by atoms with Crippen LogP contribution < -0.4 is 0 Å². The Morgan fingerprint density at radius 3 is 2.69 bits per heavy atom. The third-order valence-corrected chi connectivity index (χ3v) is 6.00. The number of benzene rings is 1. The second-order valence-electron chi connectivity index (χ2n) is 6.92. The summed E-state index contributed by atoms with van der Waals surface area (Å²) in [6.45, 7) is 5.72. The van der Waals surface area contributed by atoms with Gasteiger partial charge in [-0.2, -0.15) is 0 Å². The molecule has 5 heteroatoms. The summed E-state index contributed by atoms with van der Waals surface area (Å²) in [5.41, 5.74) is 2.27. The molecule has 1 aliphatic rings. The van der Waals surface area contributed by atoms with Crippen molar-refractivity contribution < 1.29 is 4.79 Å². The molecule has 1 aromatic carbocycles. The SMILES string of the molecule is Cc1ccc(C(=O)N2CCCC(n3c(C)cnc3-c3ccccc3)C2)s1. The van der Waals surface area contributed by atoms with Crippen molar-refractivity contribution in [2.45, 2.75) is 32.7 Å². The van der Waals surface area contributed by atoms with Crippen LogP contribution in [0.15, 0.2) is 48.7 Å². The Bertz CT molecular complexity index is 912. The fourth-order valence-electron chi connectivity index (χ4n) is 3.76. The molecule has 0 N–H and O–H groups in total. The average Bonchev–Trinajstić information content (AvgIpc) is 3.28. The molecule has 3 aromatic rings. The van der Waals surface area contributed by atoms with Crippen LogP contribution >= 0.6 is 11.3 Å². The van der Waals surface area contributed by atoms with Crippen LogP contribution in [0.1, 0.15) is 39.1 Å². The van der Waals surface area contributed by atoms with Crippen molar-refractivity contribution in [1.29, 1.82) is 0 Å². The average molecular weight is 366 g/mol. The first kappa shape index (κ1) is 17.0. The van der Waals surface area contributed by atoms with E-state index in [1.807, 2.05) is 48.4 Å². The zero-order chi connectivity index (χ0) is 18.1. The van der Waals surface area contributed by atoms with Gasteiger partial charge in [-0.1, -0.05) is 30.3 Å². The number of aryl methyl sites for hydroxylation is 2. The number of amides is 1. The van der Waals surface area contributed by atoms with Gasteiger partial charge in [-0.05, 0) is 38.8 Å². The van der Waals surface area contributed by atoms with Gasteiger partial charge < -0.3 is 9.47 Å². The minimum absolute atomic E-state index is 0.159. The predicted molar refractivity (Wildman–Crippen MR) is 106 cm³/mol. The molecule has 4 nitrogen and oxygen atoms in total. The highest BCUT2D eigenvalue weighted by atomic mass is 32.1. The summed E-state index contributed by atoms with van der Waals surface area (Å²) in [7, 11) is 0. The number of hydrogen-bond acceptors (Lipinski definition) is 3. The van der Waals surface area contributed by atoms with Gasteiger partial charge in [-0.25, -0.2) is 4.98 Å². The zero-order valence-electron chi connectivity index (χ0n) is 15.2. The third kappa shape index (κ3) is 3.19. The maximum absolute atomic E-state index is 12.9. The van der Waals surface area contributed by atoms with Gasteiger partial charge >= 0.3 is 0 Å². The van der Waals surface area contributed by atoms with Crippen LogP contribution in [0.2, 0.25) is 0 Å². The largest absolute Gasteiger partial charge is 0.336 e. The second kappa shape index (κ2) is 7.08. The number of nitrogens with zero attached hydrogens (tertiary/aromatic N) is 3. The Morgan fingerprint density at radius 1 is 1.15 bits per heavy atom. The summed E-state index contributed by atoms with van der Waals surface area (Å²) in [6, 6.07) is 14.5. The van der Waals surface area contributed by atoms with Gasteiger partial charge in [0.1, 0.15) is 5.82 Å². The molecule has 1 aliphatic heterocycles. The second-order valence-corrected chi connectivity index (χ2v) is 8.20. The summed E-state index contributed by atoms with van der Waals surface area (Å²) in [4.78, 5) is 21.6. The van der Waals surface area contributed by atoms with E-state index in [9.17, 15) is 4.79 Å². The fourth-order valence-corrected chi connectivity index (χ4v) is 4.60. The van der Waals surface area contributed by atoms with Crippen LogP contribution in [-0.2, 0) is 0 Å². The molecular formula is C21H23N3OS. The van der Waals surface area contributed by atoms with Crippen LogP contribution in [0.5, 0.6) is 0 Å². The third-order valence-electron chi connectivity index (χ3n) is 5.01. The van der Waals surface area contributed by atoms with Crippen molar-refractivity contribution in [3.05, 3.63) is 64.1 Å². The molecule has 1 amide bonds. The number of thiophene rings is 1. The minimum Gasteiger partial charge on any atom is -0.336 e. The molecule has 0 aliphatic carbocycles. The van der Waals surface area contributed by atoms with Crippen molar-refractivity contribution in [2.75, 3.05) is 13.1 Å². The summed E-state index contributed by atoms with van der Waals surface area (Å²) >= 11 is 1.58. The Hall–Kier alpha value is -2.40. The molecule has 1 unspecified atom stereocenters. The molecule has 4 rings (SSSR count). The molecular weight excluding hydrogens is 342 g/mol. The Labute approximate surface area is 158 Å². The molecule has 0 saturated carbocycles. The number of imidazole rings is 1. The lowest BCUT2D eigenvalue weighted by atomic mass is 10.0. The van der Waals surface area contributed by atoms with E-state index < -0.39 is 0 Å². The molecule has 1 atom stereocenters. The highest BCUT2D eigenvalue weighted by Gasteiger charge is 2.28. The van der Waals surface area contributed by atoms with E-state index >= 15 is 0 Å². The number of carbonyl (C=O) groups excluding carboxylic acids is 1. The Balaban J connectivity index is 1.61. The fraction of sp³-hybridized carbons (Fsp3) is 0.333. The molecule has 0 radical (unpaired) electrons. The highest BCUT2D eigenvalue weighted by molar-refractivity contribution is 7.13. The van der Waals surface area contributed by atoms with E-state index in [0.717, 1.165) is 47.9 Å². The van der Waals surface area contributed by atoms with Crippen LogP contribution in [0.25, 0.3) is 11.4 Å². The van der Waals surface area contributed by atoms with Gasteiger partial charge in [0.25, 0.3) is 5.91 Å². The minimum atomic E-state index is 0.159. The smallest absolute Gasteiger partial charge is 0.263 e. The number of rotatable bonds is 3. The lowest BCUT2D eigenvalue weighted by molar-refractivity contribution is 0.0684. The molecule has 2 aromatic heterocycles. The van der Waals surface area contributed by atoms with Crippen LogP contribution in [-0.4, -0.2) is 33.4 Å². The molecule has 26 heavy (non-hydrogen) atoms. The lowest BCUT2D eigenvalue weighted by Gasteiger charge is -2.34. The maximum atomic E-state index is 12.9. The van der Waals surface area contributed by atoms with Crippen LogP contribution in [0.3, 0.4) is 0 Å². The number of hydrogen-bond donors (Lipinski definition) is 0. The van der Waals surface area contributed by atoms with Crippen LogP contribution in [0.4, 0.5) is 0 Å². The first-order valence-corrected chi connectivity index (χ1v) is 9.90. The number of carbonyl (C=O) groups is 1. The van der Waals surface area contributed by atoms with Crippen molar-refractivity contribution in [1.82, 2.24) is 14.5 Å². The first-order chi connectivity index (χ1) is 12.6. The summed E-state index contributed by atoms with van der Waals surface area (Å²) < 4.78 is 2.31. The van der Waals surface area contributed by atoms with Gasteiger partial charge in [0.15, 0.2) is 0 Å². The van der Waals surface area contributed by atoms with E-state index in [2.05, 4.69) is 28.6 Å². The summed E-state index contributed by atoms with van der Waals surface area (Å²) in [6.07, 6.45) is 4.03. The van der Waals surface area contributed by atoms with Gasteiger partial charge in [0.05, 0.1) is 10.9 Å². The van der Waals surface area contributed by atoms with Crippen molar-refractivity contribution in [2.24, 2.45) is 0 Å². The quantitative estimate of drug-likeness (QED) is 0.674. The standard InChI is InChI=1S/C21H23N3OS/c1-15-13-22-20(17-7-4-3-5-8-17)24(15)18-9-6-12-23(14-18)21(25)19-11-10-16(2)26-19/h3-5,7-8,10-11,13,18H,6,9,12,14H2,1-2H3. The van der Waals surface area contributed by atoms with E-state index in [1.54, 1.807) is 11.3 Å². The predicted octanol–water partition coefficient (Wildman–Crippen LogP) is 4.71. The van der Waals surface area contributed by atoms with E-state index in [4.69, 9.17) is 0 Å². The summed E-state index contributed by atoms with van der Waals surface area (Å²) in [5.74, 6) is 1.15. The van der Waals surface area contributed by atoms with E-state index in [0.29, 0.717) is 0 Å². The summed E-state index contributed by atoms with van der Waals surface area (Å²) in [5, 5.41) is 0. The molecule has 3 heterocycles. The van der Waals surface area contributed by atoms with E-state index in [1.165, 1.54) is 4.88 Å². The highest BCUT2D eigenvalue weighted by Crippen LogP contribution is 2.30. The topological polar surface area (TPSA) is 38.1 Å². The van der Waals surface area contributed by atoms with Crippen molar-refractivity contribution in [3.63, 3.8) is 0 Å². The van der Waals surface area contributed by atoms with Gasteiger partial charge in [-0.15, -0.1) is 11.3 Å². The van der Waals surface area contributed by atoms with Gasteiger partial charge in [-0.3, -0.25) is 4.79 Å². The molecule has 0 bridgehead atoms. The van der Waals surface area contributed by atoms with Crippen LogP contribution in [0, 0.1) is 13.8 Å². The zero-order valence-corrected chi connectivity index (χ0v) is 16.0. The molecule has 1 fully saturated rings. The number of likely N-dealkylation sites (tertiary alicyclic amines) is 1. The number of piperidine rings is 1. The van der Waals surface area contributed by atoms with Gasteiger partial charge in [0.2, 0.25) is 0 Å². The monoisotopic (exact) mass is 365 g/mol. The molecule has 0 spiro atoms. The lowest BCUT2D eigenvalue weighted by Crippen LogP contribution is -2.40. The molecule has 134 valence electrons.